The zero-order chi connectivity index (χ0) is 19.8. The minimum absolute atomic E-state index is 0.285. The molecule has 6 heteroatoms. The molecule has 2 heterocycles. The standard InChI is InChI=1S/C22H17ClN2O2S/c1-13-10-14(2)12-16(11-13)24-20-19(18-4-3-9-28-18)21(26)25(22(20)27)17-7-5-15(23)6-8-17/h3-12,24H,1-2H3. The summed E-state index contributed by atoms with van der Waals surface area (Å²) >= 11 is 7.38. The zero-order valence-electron chi connectivity index (χ0n) is 15.3. The first kappa shape index (κ1) is 18.5. The van der Waals surface area contributed by atoms with Crippen LogP contribution in [0.3, 0.4) is 0 Å². The molecule has 0 atom stereocenters. The molecule has 1 N–H and O–H groups in total. The molecule has 140 valence electrons. The third kappa shape index (κ3) is 3.35. The first-order chi connectivity index (χ1) is 13.4. The van der Waals surface area contributed by atoms with Gasteiger partial charge >= 0.3 is 0 Å². The maximum Gasteiger partial charge on any atom is 0.282 e. The molecule has 0 fully saturated rings. The molecule has 0 bridgehead atoms. The van der Waals surface area contributed by atoms with E-state index in [0.717, 1.165) is 21.7 Å². The Morgan fingerprint density at radius 1 is 0.929 bits per heavy atom. The second-order valence-corrected chi connectivity index (χ2v) is 8.03. The van der Waals surface area contributed by atoms with Gasteiger partial charge in [0.25, 0.3) is 11.8 Å². The van der Waals surface area contributed by atoms with Crippen molar-refractivity contribution in [2.45, 2.75) is 13.8 Å². The predicted octanol–water partition coefficient (Wildman–Crippen LogP) is 5.41. The van der Waals surface area contributed by atoms with E-state index >= 15 is 0 Å². The Balaban J connectivity index is 1.80. The lowest BCUT2D eigenvalue weighted by molar-refractivity contribution is -0.120. The fourth-order valence-electron chi connectivity index (χ4n) is 3.31. The van der Waals surface area contributed by atoms with Gasteiger partial charge in [-0.05, 0) is 72.8 Å². The lowest BCUT2D eigenvalue weighted by Gasteiger charge is -2.15. The number of amides is 2. The summed E-state index contributed by atoms with van der Waals surface area (Å²) in [5.74, 6) is -0.725. The van der Waals surface area contributed by atoms with Crippen LogP contribution in [-0.2, 0) is 9.59 Å². The van der Waals surface area contributed by atoms with Gasteiger partial charge in [0.05, 0.1) is 11.3 Å². The topological polar surface area (TPSA) is 49.4 Å². The number of aryl methyl sites for hydroxylation is 2. The molecule has 0 radical (unpaired) electrons. The fraction of sp³-hybridized carbons (Fsp3) is 0.0909. The smallest absolute Gasteiger partial charge is 0.282 e. The first-order valence-corrected chi connectivity index (χ1v) is 9.97. The Hall–Kier alpha value is -2.89. The van der Waals surface area contributed by atoms with Crippen molar-refractivity contribution < 1.29 is 9.59 Å². The van der Waals surface area contributed by atoms with Crippen molar-refractivity contribution in [1.82, 2.24) is 0 Å². The summed E-state index contributed by atoms with van der Waals surface area (Å²) in [6, 6.07) is 16.3. The van der Waals surface area contributed by atoms with Gasteiger partial charge in [-0.2, -0.15) is 0 Å². The third-order valence-electron chi connectivity index (χ3n) is 4.43. The van der Waals surface area contributed by atoms with E-state index in [4.69, 9.17) is 11.6 Å². The average molecular weight is 409 g/mol. The Morgan fingerprint density at radius 2 is 1.61 bits per heavy atom. The Morgan fingerprint density at radius 3 is 2.21 bits per heavy atom. The van der Waals surface area contributed by atoms with E-state index in [1.807, 2.05) is 43.5 Å². The van der Waals surface area contributed by atoms with E-state index in [1.54, 1.807) is 24.3 Å². The molecular formula is C22H17ClN2O2S. The van der Waals surface area contributed by atoms with Crippen LogP contribution in [0.15, 0.2) is 65.7 Å². The van der Waals surface area contributed by atoms with Gasteiger partial charge in [0.15, 0.2) is 0 Å². The van der Waals surface area contributed by atoms with Gasteiger partial charge in [-0.1, -0.05) is 23.7 Å². The number of carbonyl (C=O) groups is 2. The molecular weight excluding hydrogens is 392 g/mol. The third-order valence-corrected chi connectivity index (χ3v) is 5.57. The number of imide groups is 1. The molecule has 0 spiro atoms. The van der Waals surface area contributed by atoms with Crippen LogP contribution in [0.1, 0.15) is 16.0 Å². The van der Waals surface area contributed by atoms with Gasteiger partial charge in [0.1, 0.15) is 5.70 Å². The number of anilines is 2. The molecule has 28 heavy (non-hydrogen) atoms. The zero-order valence-corrected chi connectivity index (χ0v) is 16.9. The summed E-state index contributed by atoms with van der Waals surface area (Å²) in [5.41, 5.74) is 4.09. The number of nitrogens with one attached hydrogen (secondary N) is 1. The number of carbonyl (C=O) groups excluding carboxylic acids is 2. The molecule has 2 aromatic carbocycles. The number of halogens is 1. The van der Waals surface area contributed by atoms with Crippen LogP contribution in [0.25, 0.3) is 5.57 Å². The summed E-state index contributed by atoms with van der Waals surface area (Å²) in [5, 5.41) is 5.63. The Bertz CT molecular complexity index is 1080. The Labute approximate surface area is 172 Å². The molecule has 4 rings (SSSR count). The van der Waals surface area contributed by atoms with Gasteiger partial charge in [-0.3, -0.25) is 9.59 Å². The van der Waals surface area contributed by atoms with Gasteiger partial charge in [0, 0.05) is 15.6 Å². The number of rotatable bonds is 4. The summed E-state index contributed by atoms with van der Waals surface area (Å²) in [6.45, 7) is 3.99. The van der Waals surface area contributed by atoms with Gasteiger partial charge in [0.2, 0.25) is 0 Å². The number of benzene rings is 2. The minimum atomic E-state index is -0.380. The highest BCUT2D eigenvalue weighted by molar-refractivity contribution is 7.11. The molecule has 0 saturated heterocycles. The Kier molecular flexibility index (Phi) is 4.79. The van der Waals surface area contributed by atoms with Crippen LogP contribution in [0.5, 0.6) is 0 Å². The van der Waals surface area contributed by atoms with Crippen molar-refractivity contribution in [2.24, 2.45) is 0 Å². The maximum atomic E-state index is 13.2. The normalized spacial score (nSPS) is 14.2. The quantitative estimate of drug-likeness (QED) is 0.587. The highest BCUT2D eigenvalue weighted by Crippen LogP contribution is 2.36. The monoisotopic (exact) mass is 408 g/mol. The van der Waals surface area contributed by atoms with Gasteiger partial charge < -0.3 is 5.32 Å². The molecule has 0 aliphatic carbocycles. The van der Waals surface area contributed by atoms with Crippen molar-refractivity contribution >= 4 is 51.7 Å². The van der Waals surface area contributed by atoms with Crippen LogP contribution in [0.2, 0.25) is 5.02 Å². The van der Waals surface area contributed by atoms with Crippen LogP contribution < -0.4 is 10.2 Å². The van der Waals surface area contributed by atoms with Crippen molar-refractivity contribution in [3.63, 3.8) is 0 Å². The van der Waals surface area contributed by atoms with Gasteiger partial charge in [-0.25, -0.2) is 4.90 Å². The number of hydrogen-bond donors (Lipinski definition) is 1. The highest BCUT2D eigenvalue weighted by Gasteiger charge is 2.40. The number of nitrogens with zero attached hydrogens (tertiary/aromatic N) is 1. The number of hydrogen-bond acceptors (Lipinski definition) is 4. The van der Waals surface area contributed by atoms with E-state index in [1.165, 1.54) is 16.2 Å². The average Bonchev–Trinajstić information content (AvgIpc) is 3.23. The molecule has 0 saturated carbocycles. The first-order valence-electron chi connectivity index (χ1n) is 8.72. The summed E-state index contributed by atoms with van der Waals surface area (Å²) < 4.78 is 0. The summed E-state index contributed by atoms with van der Waals surface area (Å²) in [7, 11) is 0. The fourth-order valence-corrected chi connectivity index (χ4v) is 4.21. The van der Waals surface area contributed by atoms with E-state index in [9.17, 15) is 9.59 Å². The van der Waals surface area contributed by atoms with Crippen LogP contribution in [0, 0.1) is 13.8 Å². The van der Waals surface area contributed by atoms with Gasteiger partial charge in [-0.15, -0.1) is 11.3 Å². The summed E-state index contributed by atoms with van der Waals surface area (Å²) in [4.78, 5) is 28.4. The lowest BCUT2D eigenvalue weighted by atomic mass is 10.1. The predicted molar refractivity (Wildman–Crippen MR) is 115 cm³/mol. The second kappa shape index (κ2) is 7.26. The van der Waals surface area contributed by atoms with Crippen molar-refractivity contribution in [1.29, 1.82) is 0 Å². The molecule has 1 aromatic heterocycles. The molecule has 3 aromatic rings. The molecule has 1 aliphatic rings. The second-order valence-electron chi connectivity index (χ2n) is 6.65. The largest absolute Gasteiger partial charge is 0.350 e. The van der Waals surface area contributed by atoms with E-state index < -0.39 is 0 Å². The minimum Gasteiger partial charge on any atom is -0.350 e. The van der Waals surface area contributed by atoms with Crippen LogP contribution >= 0.6 is 22.9 Å². The SMILES string of the molecule is Cc1cc(C)cc(NC2=C(c3cccs3)C(=O)N(c3ccc(Cl)cc3)C2=O)c1. The van der Waals surface area contributed by atoms with E-state index in [-0.39, 0.29) is 17.5 Å². The molecule has 4 nitrogen and oxygen atoms in total. The highest BCUT2D eigenvalue weighted by atomic mass is 35.5. The molecule has 2 amide bonds. The summed E-state index contributed by atoms with van der Waals surface area (Å²) in [6.07, 6.45) is 0. The van der Waals surface area contributed by atoms with E-state index in [0.29, 0.717) is 16.3 Å². The molecule has 0 unspecified atom stereocenters. The van der Waals surface area contributed by atoms with Crippen molar-refractivity contribution in [3.05, 3.63) is 86.7 Å². The van der Waals surface area contributed by atoms with Crippen molar-refractivity contribution in [2.75, 3.05) is 10.2 Å². The van der Waals surface area contributed by atoms with Crippen molar-refractivity contribution in [3.8, 4) is 0 Å². The molecule has 1 aliphatic heterocycles. The van der Waals surface area contributed by atoms with Crippen LogP contribution in [-0.4, -0.2) is 11.8 Å². The maximum absolute atomic E-state index is 13.2. The number of thiophene rings is 1. The lowest BCUT2D eigenvalue weighted by Crippen LogP contribution is -2.32. The van der Waals surface area contributed by atoms with Crippen LogP contribution in [0.4, 0.5) is 11.4 Å². The van der Waals surface area contributed by atoms with E-state index in [2.05, 4.69) is 11.4 Å².